The molecule has 11 atom stereocenters. The van der Waals surface area contributed by atoms with Gasteiger partial charge in [-0.1, -0.05) is 47.1 Å². The van der Waals surface area contributed by atoms with Gasteiger partial charge in [-0.3, -0.25) is 19.3 Å². The number of aliphatic hydroxyl groups is 1. The Labute approximate surface area is 301 Å². The van der Waals surface area contributed by atoms with Gasteiger partial charge < -0.3 is 19.7 Å². The minimum atomic E-state index is -1.15. The first-order valence-corrected chi connectivity index (χ1v) is 19.9. The molecule has 0 radical (unpaired) electrons. The third-order valence-electron chi connectivity index (χ3n) is 15.6. The van der Waals surface area contributed by atoms with E-state index in [-0.39, 0.29) is 52.7 Å². The van der Waals surface area contributed by atoms with E-state index in [1.807, 2.05) is 0 Å². The number of Topliss-reactive ketones (excluding diaryl/α,β-unsaturated/α-hetero) is 1. The Balaban J connectivity index is 1.25. The van der Waals surface area contributed by atoms with Crippen LogP contribution in [0.5, 0.6) is 0 Å². The summed E-state index contributed by atoms with van der Waals surface area (Å²) in [6.07, 6.45) is 7.88. The van der Waals surface area contributed by atoms with E-state index in [0.29, 0.717) is 36.6 Å². The van der Waals surface area contributed by atoms with E-state index in [2.05, 4.69) is 60.3 Å². The quantitative estimate of drug-likeness (QED) is 0.252. The summed E-state index contributed by atoms with van der Waals surface area (Å²) in [5.41, 5.74) is 0.751. The normalized spacial score (nSPS) is 42.3. The minimum Gasteiger partial charge on any atom is -0.481 e. The largest absolute Gasteiger partial charge is 0.481 e. The molecule has 282 valence electrons. The van der Waals surface area contributed by atoms with Gasteiger partial charge >= 0.3 is 11.9 Å². The second-order valence-corrected chi connectivity index (χ2v) is 19.9. The number of allylic oxidation sites excluding steroid dienone is 1. The molecule has 11 unspecified atom stereocenters. The van der Waals surface area contributed by atoms with Crippen LogP contribution in [0.1, 0.15) is 133 Å². The van der Waals surface area contributed by atoms with E-state index in [4.69, 9.17) is 9.47 Å². The van der Waals surface area contributed by atoms with Crippen molar-refractivity contribution in [3.05, 3.63) is 11.1 Å². The fourth-order valence-electron chi connectivity index (χ4n) is 13.4. The van der Waals surface area contributed by atoms with Gasteiger partial charge in [0, 0.05) is 36.9 Å². The highest BCUT2D eigenvalue weighted by Crippen LogP contribution is 2.73. The van der Waals surface area contributed by atoms with Crippen LogP contribution >= 0.6 is 0 Å². The summed E-state index contributed by atoms with van der Waals surface area (Å²) in [6.45, 7) is 23.6. The predicted octanol–water partition coefficient (Wildman–Crippen LogP) is 7.46. The van der Waals surface area contributed by atoms with E-state index in [1.54, 1.807) is 13.8 Å². The Hall–Kier alpha value is -1.77. The Morgan fingerprint density at radius 3 is 2.20 bits per heavy atom. The number of aliphatic hydroxyl groups excluding tert-OH is 1. The number of carbonyl (C=O) groups is 3. The van der Waals surface area contributed by atoms with Crippen LogP contribution in [0, 0.1) is 56.7 Å². The molecular weight excluding hydrogens is 630 g/mol. The number of carboxylic acid groups (broad SMARTS) is 1. The van der Waals surface area contributed by atoms with Gasteiger partial charge in [0.1, 0.15) is 6.10 Å². The van der Waals surface area contributed by atoms with Crippen molar-refractivity contribution in [3.63, 3.8) is 0 Å². The van der Waals surface area contributed by atoms with Crippen LogP contribution in [0.25, 0.3) is 0 Å². The van der Waals surface area contributed by atoms with Crippen molar-refractivity contribution in [2.24, 2.45) is 56.7 Å². The van der Waals surface area contributed by atoms with Crippen molar-refractivity contribution in [3.8, 4) is 0 Å². The molecule has 0 aromatic carbocycles. The SMILES string of the molecule is CC1CN(CC(O)C23CCC4C(CCC5C4(C)CCC4C(C)(C)C(OC(=O)CC(C)(C)C(=O)O)CCC45C)C2=C(C(C)C)C(=O)C3)CC(C)O1. The molecule has 0 aromatic heterocycles. The number of aliphatic carboxylic acids is 1. The Kier molecular flexibility index (Phi) is 9.85. The lowest BCUT2D eigenvalue weighted by atomic mass is 9.36. The van der Waals surface area contributed by atoms with Gasteiger partial charge in [0.25, 0.3) is 0 Å². The topological polar surface area (TPSA) is 113 Å². The van der Waals surface area contributed by atoms with Gasteiger partial charge in [0.15, 0.2) is 5.78 Å². The Morgan fingerprint density at radius 1 is 0.940 bits per heavy atom. The highest BCUT2D eigenvalue weighted by molar-refractivity contribution is 6.00. The van der Waals surface area contributed by atoms with E-state index in [1.165, 1.54) is 5.57 Å². The van der Waals surface area contributed by atoms with Gasteiger partial charge in [0.05, 0.1) is 30.1 Å². The average molecular weight is 698 g/mol. The standard InChI is InChI=1S/C42H67NO7/c1-24(2)35-29(44)19-42(32(45)23-43-21-25(3)49-26(4)22-43)18-13-28-27(36(35)42)11-12-31-40(28,9)16-14-30-39(7,8)33(15-17-41(30,31)10)50-34(46)20-38(5,6)37(47)48/h24-28,30-33,45H,11-23H2,1-10H3,(H,47,48). The molecule has 6 rings (SSSR count). The number of rotatable bonds is 8. The molecule has 8 heteroatoms. The predicted molar refractivity (Wildman–Crippen MR) is 193 cm³/mol. The molecule has 5 fully saturated rings. The average Bonchev–Trinajstić information content (AvgIpc) is 3.31. The molecule has 6 aliphatic rings. The number of nitrogens with zero attached hydrogens (tertiary/aromatic N) is 1. The summed E-state index contributed by atoms with van der Waals surface area (Å²) in [5.74, 6) is 0.751. The molecule has 0 amide bonds. The molecule has 0 bridgehead atoms. The first kappa shape index (κ1) is 38.0. The van der Waals surface area contributed by atoms with Crippen molar-refractivity contribution in [1.29, 1.82) is 0 Å². The van der Waals surface area contributed by atoms with Gasteiger partial charge in [-0.2, -0.15) is 0 Å². The summed E-state index contributed by atoms with van der Waals surface area (Å²) in [4.78, 5) is 41.1. The van der Waals surface area contributed by atoms with Crippen LogP contribution < -0.4 is 0 Å². The second-order valence-electron chi connectivity index (χ2n) is 19.9. The van der Waals surface area contributed by atoms with Crippen molar-refractivity contribution < 1.29 is 34.1 Å². The van der Waals surface area contributed by atoms with Gasteiger partial charge in [-0.15, -0.1) is 0 Å². The lowest BCUT2D eigenvalue weighted by molar-refractivity contribution is -0.215. The van der Waals surface area contributed by atoms with Crippen molar-refractivity contribution in [1.82, 2.24) is 4.90 Å². The van der Waals surface area contributed by atoms with Gasteiger partial charge in [0.2, 0.25) is 0 Å². The number of fused-ring (bicyclic) bond motifs is 7. The Bertz CT molecular complexity index is 1390. The number of esters is 1. The summed E-state index contributed by atoms with van der Waals surface area (Å²) >= 11 is 0. The van der Waals surface area contributed by atoms with E-state index >= 15 is 0 Å². The zero-order valence-corrected chi connectivity index (χ0v) is 32.8. The first-order valence-electron chi connectivity index (χ1n) is 19.9. The van der Waals surface area contributed by atoms with Crippen LogP contribution in [-0.2, 0) is 23.9 Å². The molecule has 1 heterocycles. The molecule has 0 aromatic rings. The zero-order valence-electron chi connectivity index (χ0n) is 32.8. The lowest BCUT2D eigenvalue weighted by Gasteiger charge is -2.69. The molecule has 50 heavy (non-hydrogen) atoms. The molecule has 5 aliphatic carbocycles. The molecule has 0 spiro atoms. The third kappa shape index (κ3) is 6.03. The summed E-state index contributed by atoms with van der Waals surface area (Å²) in [6, 6.07) is 0. The molecule has 1 saturated heterocycles. The van der Waals surface area contributed by atoms with Crippen molar-refractivity contribution in [2.45, 2.75) is 158 Å². The number of β-amino-alcohol motifs (C(OH)–C–C–N with tert-alkyl or cyclic N) is 1. The number of ketones is 1. The molecular formula is C42H67NO7. The first-order chi connectivity index (χ1) is 23.2. The fourth-order valence-corrected chi connectivity index (χ4v) is 13.4. The Morgan fingerprint density at radius 2 is 1.58 bits per heavy atom. The minimum absolute atomic E-state index is 0.100. The summed E-state index contributed by atoms with van der Waals surface area (Å²) in [5, 5.41) is 21.8. The number of morpholine rings is 1. The summed E-state index contributed by atoms with van der Waals surface area (Å²) in [7, 11) is 0. The smallest absolute Gasteiger partial charge is 0.309 e. The molecule has 1 aliphatic heterocycles. The van der Waals surface area contributed by atoms with Gasteiger partial charge in [-0.25, -0.2) is 0 Å². The third-order valence-corrected chi connectivity index (χ3v) is 15.6. The summed E-state index contributed by atoms with van der Waals surface area (Å²) < 4.78 is 12.2. The van der Waals surface area contributed by atoms with Crippen LogP contribution in [0.2, 0.25) is 0 Å². The van der Waals surface area contributed by atoms with E-state index in [9.17, 15) is 24.6 Å². The maximum Gasteiger partial charge on any atom is 0.309 e. The number of hydrogen-bond acceptors (Lipinski definition) is 7. The van der Waals surface area contributed by atoms with Crippen LogP contribution in [0.3, 0.4) is 0 Å². The molecule has 2 N–H and O–H groups in total. The van der Waals surface area contributed by atoms with Gasteiger partial charge in [-0.05, 0) is 125 Å². The highest BCUT2D eigenvalue weighted by atomic mass is 16.5. The lowest BCUT2D eigenvalue weighted by Crippen LogP contribution is -2.63. The van der Waals surface area contributed by atoms with Crippen LogP contribution in [0.4, 0.5) is 0 Å². The molecule has 8 nitrogen and oxygen atoms in total. The maximum atomic E-state index is 14.0. The number of ether oxygens (including phenoxy) is 2. The fraction of sp³-hybridized carbons (Fsp3) is 0.881. The van der Waals surface area contributed by atoms with E-state index in [0.717, 1.165) is 70.0 Å². The molecule has 4 saturated carbocycles. The zero-order chi connectivity index (χ0) is 36.8. The maximum absolute atomic E-state index is 14.0. The van der Waals surface area contributed by atoms with Crippen LogP contribution in [-0.4, -0.2) is 76.9 Å². The van der Waals surface area contributed by atoms with Crippen molar-refractivity contribution in [2.75, 3.05) is 19.6 Å². The highest BCUT2D eigenvalue weighted by Gasteiger charge is 2.67. The number of carbonyl (C=O) groups excluding carboxylic acids is 2. The van der Waals surface area contributed by atoms with Crippen molar-refractivity contribution >= 4 is 17.7 Å². The second kappa shape index (κ2) is 13.0. The number of hydrogen-bond donors (Lipinski definition) is 2. The van der Waals surface area contributed by atoms with Crippen LogP contribution in [0.15, 0.2) is 11.1 Å². The van der Waals surface area contributed by atoms with E-state index < -0.39 is 28.9 Å². The number of carboxylic acids is 1. The monoisotopic (exact) mass is 697 g/mol.